The largest absolute Gasteiger partial charge is 0.497 e. The number of aliphatic hydroxyl groups excluding tert-OH is 3. The first kappa shape index (κ1) is 13.8. The molecule has 96 valence electrons. The Morgan fingerprint density at radius 1 is 1.29 bits per heavy atom. The number of ether oxygens (including phenoxy) is 2. The first-order valence-electron chi connectivity index (χ1n) is 5.36. The van der Waals surface area contributed by atoms with Crippen LogP contribution in [0.15, 0.2) is 18.2 Å². The van der Waals surface area contributed by atoms with Gasteiger partial charge in [-0.1, -0.05) is 0 Å². The molecule has 0 aromatic heterocycles. The van der Waals surface area contributed by atoms with Crippen LogP contribution in [-0.4, -0.2) is 41.7 Å². The van der Waals surface area contributed by atoms with Gasteiger partial charge in [0.05, 0.1) is 19.8 Å². The molecule has 0 radical (unpaired) electrons. The third-order valence-corrected chi connectivity index (χ3v) is 2.31. The molecule has 0 bridgehead atoms. The lowest BCUT2D eigenvalue weighted by Crippen LogP contribution is -2.21. The average molecular weight is 242 g/mol. The number of aliphatic hydroxyl groups is 3. The number of benzene rings is 1. The first-order chi connectivity index (χ1) is 8.08. The summed E-state index contributed by atoms with van der Waals surface area (Å²) in [7, 11) is 1.53. The van der Waals surface area contributed by atoms with Crippen molar-refractivity contribution in [3.63, 3.8) is 0 Å². The van der Waals surface area contributed by atoms with Crippen LogP contribution in [0.3, 0.4) is 0 Å². The van der Waals surface area contributed by atoms with Crippen molar-refractivity contribution in [2.75, 3.05) is 20.3 Å². The molecule has 17 heavy (non-hydrogen) atoms. The Morgan fingerprint density at radius 3 is 2.53 bits per heavy atom. The van der Waals surface area contributed by atoms with Crippen molar-refractivity contribution < 1.29 is 24.8 Å². The standard InChI is InChI=1S/C12H18O5/c1-8(14)11-4-3-10(16-2)5-12(11)17-7-9(15)6-13/h3-5,8-9,13-15H,6-7H2,1-2H3/t8-,9?/m1/s1. The van der Waals surface area contributed by atoms with E-state index in [2.05, 4.69) is 0 Å². The summed E-state index contributed by atoms with van der Waals surface area (Å²) >= 11 is 0. The summed E-state index contributed by atoms with van der Waals surface area (Å²) in [6, 6.07) is 5.05. The molecule has 0 amide bonds. The van der Waals surface area contributed by atoms with Crippen molar-refractivity contribution in [2.45, 2.75) is 19.1 Å². The summed E-state index contributed by atoms with van der Waals surface area (Å²) in [5, 5.41) is 27.5. The maximum Gasteiger partial charge on any atom is 0.128 e. The third kappa shape index (κ3) is 3.89. The van der Waals surface area contributed by atoms with Crippen molar-refractivity contribution in [1.82, 2.24) is 0 Å². The molecule has 0 fully saturated rings. The van der Waals surface area contributed by atoms with Crippen molar-refractivity contribution in [3.8, 4) is 11.5 Å². The van der Waals surface area contributed by atoms with Crippen LogP contribution in [0.5, 0.6) is 11.5 Å². The van der Waals surface area contributed by atoms with Crippen LogP contribution in [0.4, 0.5) is 0 Å². The molecule has 0 saturated carbocycles. The second-order valence-corrected chi connectivity index (χ2v) is 3.73. The number of hydrogen-bond donors (Lipinski definition) is 3. The molecule has 0 aliphatic heterocycles. The van der Waals surface area contributed by atoms with Gasteiger partial charge in [0.25, 0.3) is 0 Å². The van der Waals surface area contributed by atoms with Gasteiger partial charge in [-0.3, -0.25) is 0 Å². The highest BCUT2D eigenvalue weighted by Gasteiger charge is 2.12. The second kappa shape index (κ2) is 6.44. The van der Waals surface area contributed by atoms with Crippen molar-refractivity contribution in [3.05, 3.63) is 23.8 Å². The summed E-state index contributed by atoms with van der Waals surface area (Å²) in [6.45, 7) is 1.22. The molecular formula is C12H18O5. The van der Waals surface area contributed by atoms with Gasteiger partial charge in [-0.25, -0.2) is 0 Å². The predicted octanol–water partition coefficient (Wildman–Crippen LogP) is 0.480. The molecule has 0 aliphatic carbocycles. The summed E-state index contributed by atoms with van der Waals surface area (Å²) in [4.78, 5) is 0. The minimum atomic E-state index is -0.942. The van der Waals surface area contributed by atoms with E-state index >= 15 is 0 Å². The lowest BCUT2D eigenvalue weighted by molar-refractivity contribution is 0.0522. The fourth-order valence-corrected chi connectivity index (χ4v) is 1.35. The Morgan fingerprint density at radius 2 is 2.00 bits per heavy atom. The van der Waals surface area contributed by atoms with Gasteiger partial charge in [-0.15, -0.1) is 0 Å². The molecule has 0 heterocycles. The average Bonchev–Trinajstić information content (AvgIpc) is 2.35. The zero-order valence-corrected chi connectivity index (χ0v) is 9.96. The lowest BCUT2D eigenvalue weighted by Gasteiger charge is -2.16. The minimum absolute atomic E-state index is 0.0383. The van der Waals surface area contributed by atoms with Gasteiger partial charge in [0, 0.05) is 11.6 Å². The van der Waals surface area contributed by atoms with E-state index in [1.165, 1.54) is 7.11 Å². The van der Waals surface area contributed by atoms with Crippen molar-refractivity contribution in [2.24, 2.45) is 0 Å². The minimum Gasteiger partial charge on any atom is -0.497 e. The van der Waals surface area contributed by atoms with Crippen LogP contribution in [0.1, 0.15) is 18.6 Å². The highest BCUT2D eigenvalue weighted by atomic mass is 16.5. The monoisotopic (exact) mass is 242 g/mol. The van der Waals surface area contributed by atoms with E-state index in [4.69, 9.17) is 14.6 Å². The summed E-state index contributed by atoms with van der Waals surface area (Å²) in [5.74, 6) is 1.04. The van der Waals surface area contributed by atoms with Gasteiger partial charge in [-0.2, -0.15) is 0 Å². The zero-order chi connectivity index (χ0) is 12.8. The number of methoxy groups -OCH3 is 1. The van der Waals surface area contributed by atoms with Gasteiger partial charge in [0.2, 0.25) is 0 Å². The van der Waals surface area contributed by atoms with E-state index in [0.717, 1.165) is 0 Å². The van der Waals surface area contributed by atoms with E-state index in [1.807, 2.05) is 0 Å². The van der Waals surface area contributed by atoms with Gasteiger partial charge in [0.1, 0.15) is 24.2 Å². The fourth-order valence-electron chi connectivity index (χ4n) is 1.35. The molecule has 5 heteroatoms. The van der Waals surface area contributed by atoms with E-state index in [-0.39, 0.29) is 13.2 Å². The highest BCUT2D eigenvalue weighted by molar-refractivity contribution is 5.41. The van der Waals surface area contributed by atoms with Gasteiger partial charge in [-0.05, 0) is 19.1 Å². The molecule has 1 rings (SSSR count). The number of hydrogen-bond acceptors (Lipinski definition) is 5. The first-order valence-corrected chi connectivity index (χ1v) is 5.36. The second-order valence-electron chi connectivity index (χ2n) is 3.73. The van der Waals surface area contributed by atoms with Crippen molar-refractivity contribution in [1.29, 1.82) is 0 Å². The van der Waals surface area contributed by atoms with E-state index in [9.17, 15) is 10.2 Å². The van der Waals surface area contributed by atoms with Crippen molar-refractivity contribution >= 4 is 0 Å². The van der Waals surface area contributed by atoms with E-state index < -0.39 is 12.2 Å². The van der Waals surface area contributed by atoms with Gasteiger partial charge in [0.15, 0.2) is 0 Å². The Kier molecular flexibility index (Phi) is 5.21. The summed E-state index contributed by atoms with van der Waals surface area (Å²) < 4.78 is 10.4. The molecule has 0 aliphatic rings. The lowest BCUT2D eigenvalue weighted by atomic mass is 10.1. The topological polar surface area (TPSA) is 79.2 Å². The molecule has 2 atom stereocenters. The quantitative estimate of drug-likeness (QED) is 0.676. The van der Waals surface area contributed by atoms with Crippen LogP contribution in [-0.2, 0) is 0 Å². The Hall–Kier alpha value is -1.30. The fraction of sp³-hybridized carbons (Fsp3) is 0.500. The predicted molar refractivity (Wildman–Crippen MR) is 62.2 cm³/mol. The highest BCUT2D eigenvalue weighted by Crippen LogP contribution is 2.29. The maximum absolute atomic E-state index is 9.56. The van der Waals surface area contributed by atoms with Crippen LogP contribution < -0.4 is 9.47 Å². The van der Waals surface area contributed by atoms with Crippen LogP contribution in [0, 0.1) is 0 Å². The van der Waals surface area contributed by atoms with E-state index in [0.29, 0.717) is 17.1 Å². The maximum atomic E-state index is 9.56. The van der Waals surface area contributed by atoms with Crippen LogP contribution in [0.2, 0.25) is 0 Å². The normalized spacial score (nSPS) is 14.2. The number of rotatable bonds is 6. The van der Waals surface area contributed by atoms with Gasteiger partial charge < -0.3 is 24.8 Å². The Labute approximate surface area is 100 Å². The summed E-state index contributed by atoms with van der Waals surface area (Å²) in [5.41, 5.74) is 0.607. The molecule has 0 saturated heterocycles. The molecule has 5 nitrogen and oxygen atoms in total. The molecule has 1 unspecified atom stereocenters. The molecular weight excluding hydrogens is 224 g/mol. The molecule has 1 aromatic carbocycles. The van der Waals surface area contributed by atoms with Crippen LogP contribution in [0.25, 0.3) is 0 Å². The molecule has 1 aromatic rings. The smallest absolute Gasteiger partial charge is 0.128 e. The SMILES string of the molecule is COc1ccc([C@@H](C)O)c(OCC(O)CO)c1. The Balaban J connectivity index is 2.85. The molecule has 3 N–H and O–H groups in total. The van der Waals surface area contributed by atoms with Crippen LogP contribution >= 0.6 is 0 Å². The zero-order valence-electron chi connectivity index (χ0n) is 9.96. The third-order valence-electron chi connectivity index (χ3n) is 2.31. The molecule has 0 spiro atoms. The Bertz CT molecular complexity index is 351. The van der Waals surface area contributed by atoms with Gasteiger partial charge >= 0.3 is 0 Å². The van der Waals surface area contributed by atoms with E-state index in [1.54, 1.807) is 25.1 Å². The summed E-state index contributed by atoms with van der Waals surface area (Å²) in [6.07, 6.45) is -1.62.